The first-order valence-electron chi connectivity index (χ1n) is 8.04. The number of Topliss-reactive ketones (excluding diaryl/α,β-unsaturated/α-hetero) is 1. The molecule has 3 rings (SSSR count). The number of carbonyl (C=O) groups excluding carboxylic acids is 1. The fourth-order valence-electron chi connectivity index (χ4n) is 3.60. The number of carboxylic acids is 1. The summed E-state index contributed by atoms with van der Waals surface area (Å²) in [6.45, 7) is 0. The Balaban J connectivity index is 1.86. The van der Waals surface area contributed by atoms with E-state index < -0.39 is 17.8 Å². The minimum Gasteiger partial charge on any atom is -0.481 e. The second kappa shape index (κ2) is 6.78. The molecule has 1 aliphatic carbocycles. The van der Waals surface area contributed by atoms with Gasteiger partial charge in [0, 0.05) is 11.5 Å². The van der Waals surface area contributed by atoms with Gasteiger partial charge in [-0.25, -0.2) is 0 Å². The Morgan fingerprint density at radius 3 is 2.04 bits per heavy atom. The molecule has 2 aromatic rings. The fourth-order valence-corrected chi connectivity index (χ4v) is 3.60. The third-order valence-electron chi connectivity index (χ3n) is 4.83. The van der Waals surface area contributed by atoms with E-state index in [1.165, 1.54) is 5.56 Å². The van der Waals surface area contributed by atoms with E-state index >= 15 is 0 Å². The van der Waals surface area contributed by atoms with Crippen LogP contribution in [0.3, 0.4) is 0 Å². The van der Waals surface area contributed by atoms with Gasteiger partial charge in [0.25, 0.3) is 0 Å². The summed E-state index contributed by atoms with van der Waals surface area (Å²) in [5.41, 5.74) is 1.81. The molecule has 2 aromatic carbocycles. The third kappa shape index (κ3) is 3.34. The second-order valence-corrected chi connectivity index (χ2v) is 6.20. The lowest BCUT2D eigenvalue weighted by Gasteiger charge is -2.33. The molecular formula is C20H20O3. The highest BCUT2D eigenvalue weighted by molar-refractivity contribution is 6.00. The van der Waals surface area contributed by atoms with Crippen LogP contribution in [0.1, 0.15) is 41.1 Å². The molecule has 1 fully saturated rings. The first-order chi connectivity index (χ1) is 11.2. The third-order valence-corrected chi connectivity index (χ3v) is 4.83. The molecule has 0 aliphatic heterocycles. The van der Waals surface area contributed by atoms with E-state index in [2.05, 4.69) is 12.1 Å². The van der Waals surface area contributed by atoms with Crippen molar-refractivity contribution in [3.05, 3.63) is 71.8 Å². The van der Waals surface area contributed by atoms with Crippen molar-refractivity contribution >= 4 is 11.8 Å². The zero-order chi connectivity index (χ0) is 16.2. The molecule has 0 spiro atoms. The zero-order valence-corrected chi connectivity index (χ0v) is 12.9. The van der Waals surface area contributed by atoms with Gasteiger partial charge in [0.1, 0.15) is 0 Å². The van der Waals surface area contributed by atoms with Gasteiger partial charge < -0.3 is 5.11 Å². The standard InChI is InChI=1S/C20H20O3/c21-19(15-9-5-2-6-10-15)18-13-16(11-12-17(18)20(22)23)14-7-3-1-4-8-14/h1-10,16-18H,11-13H2,(H,22,23)/t16-,17-,18+/m0/s1. The highest BCUT2D eigenvalue weighted by Crippen LogP contribution is 2.41. The molecule has 0 aromatic heterocycles. The summed E-state index contributed by atoms with van der Waals surface area (Å²) < 4.78 is 0. The van der Waals surface area contributed by atoms with Crippen molar-refractivity contribution in [3.63, 3.8) is 0 Å². The van der Waals surface area contributed by atoms with Crippen molar-refractivity contribution < 1.29 is 14.7 Å². The van der Waals surface area contributed by atoms with Crippen LogP contribution in [0.15, 0.2) is 60.7 Å². The van der Waals surface area contributed by atoms with Crippen molar-refractivity contribution in [1.29, 1.82) is 0 Å². The molecule has 118 valence electrons. The van der Waals surface area contributed by atoms with E-state index in [4.69, 9.17) is 0 Å². The lowest BCUT2D eigenvalue weighted by molar-refractivity contribution is -0.144. The Morgan fingerprint density at radius 2 is 1.43 bits per heavy atom. The van der Waals surface area contributed by atoms with Gasteiger partial charge in [-0.3, -0.25) is 9.59 Å². The number of rotatable bonds is 4. The predicted molar refractivity (Wildman–Crippen MR) is 88.4 cm³/mol. The molecular weight excluding hydrogens is 288 g/mol. The van der Waals surface area contributed by atoms with Gasteiger partial charge in [0.15, 0.2) is 5.78 Å². The number of ketones is 1. The Bertz CT molecular complexity index is 679. The summed E-state index contributed by atoms with van der Waals surface area (Å²) in [4.78, 5) is 24.4. The van der Waals surface area contributed by atoms with Gasteiger partial charge in [-0.15, -0.1) is 0 Å². The Kier molecular flexibility index (Phi) is 4.56. The van der Waals surface area contributed by atoms with Crippen LogP contribution < -0.4 is 0 Å². The summed E-state index contributed by atoms with van der Waals surface area (Å²) >= 11 is 0. The van der Waals surface area contributed by atoms with Crippen LogP contribution in [0.5, 0.6) is 0 Å². The molecule has 1 saturated carbocycles. The lowest BCUT2D eigenvalue weighted by Crippen LogP contribution is -2.35. The normalized spacial score (nSPS) is 24.1. The SMILES string of the molecule is O=C(O)[C@H]1CC[C@H](c2ccccc2)C[C@H]1C(=O)c1ccccc1. The van der Waals surface area contributed by atoms with Crippen molar-refractivity contribution in [3.8, 4) is 0 Å². The Hall–Kier alpha value is -2.42. The largest absolute Gasteiger partial charge is 0.481 e. The van der Waals surface area contributed by atoms with Crippen molar-refractivity contribution in [2.24, 2.45) is 11.8 Å². The molecule has 0 unspecified atom stereocenters. The van der Waals surface area contributed by atoms with Crippen molar-refractivity contribution in [1.82, 2.24) is 0 Å². The van der Waals surface area contributed by atoms with E-state index in [0.29, 0.717) is 18.4 Å². The molecule has 0 radical (unpaired) electrons. The van der Waals surface area contributed by atoms with E-state index in [0.717, 1.165) is 6.42 Å². The van der Waals surface area contributed by atoms with Crippen molar-refractivity contribution in [2.45, 2.75) is 25.2 Å². The van der Waals surface area contributed by atoms with Crippen molar-refractivity contribution in [2.75, 3.05) is 0 Å². The maximum absolute atomic E-state index is 12.8. The molecule has 3 heteroatoms. The number of carbonyl (C=O) groups is 2. The number of benzene rings is 2. The van der Waals surface area contributed by atoms with Crippen LogP contribution in [-0.4, -0.2) is 16.9 Å². The van der Waals surface area contributed by atoms with Crippen LogP contribution in [0.25, 0.3) is 0 Å². The monoisotopic (exact) mass is 308 g/mol. The fraction of sp³-hybridized carbons (Fsp3) is 0.300. The zero-order valence-electron chi connectivity index (χ0n) is 12.9. The summed E-state index contributed by atoms with van der Waals surface area (Å²) in [5.74, 6) is -1.68. The molecule has 3 nitrogen and oxygen atoms in total. The van der Waals surface area contributed by atoms with Gasteiger partial charge >= 0.3 is 5.97 Å². The first kappa shape index (κ1) is 15.5. The summed E-state index contributed by atoms with van der Waals surface area (Å²) in [6, 6.07) is 19.1. The average Bonchev–Trinajstić information content (AvgIpc) is 2.62. The summed E-state index contributed by atoms with van der Waals surface area (Å²) in [7, 11) is 0. The molecule has 0 bridgehead atoms. The number of aliphatic carboxylic acids is 1. The highest BCUT2D eigenvalue weighted by atomic mass is 16.4. The van der Waals surface area contributed by atoms with Crippen LogP contribution in [0.4, 0.5) is 0 Å². The van der Waals surface area contributed by atoms with Crippen LogP contribution in [-0.2, 0) is 4.79 Å². The van der Waals surface area contributed by atoms with Crippen LogP contribution in [0.2, 0.25) is 0 Å². The second-order valence-electron chi connectivity index (χ2n) is 6.20. The van der Waals surface area contributed by atoms with Gasteiger partial charge in [-0.2, -0.15) is 0 Å². The molecule has 0 saturated heterocycles. The van der Waals surface area contributed by atoms with E-state index in [1.54, 1.807) is 12.1 Å². The smallest absolute Gasteiger partial charge is 0.307 e. The van der Waals surface area contributed by atoms with E-state index in [9.17, 15) is 14.7 Å². The maximum atomic E-state index is 12.8. The van der Waals surface area contributed by atoms with Gasteiger partial charge in [-0.1, -0.05) is 60.7 Å². The van der Waals surface area contributed by atoms with Gasteiger partial charge in [0.05, 0.1) is 5.92 Å². The molecule has 1 aliphatic rings. The highest BCUT2D eigenvalue weighted by Gasteiger charge is 2.39. The molecule has 23 heavy (non-hydrogen) atoms. The number of hydrogen-bond acceptors (Lipinski definition) is 2. The molecule has 0 heterocycles. The van der Waals surface area contributed by atoms with Gasteiger partial charge in [0.2, 0.25) is 0 Å². The maximum Gasteiger partial charge on any atom is 0.307 e. The summed E-state index contributed by atoms with van der Waals surface area (Å²) in [5, 5.41) is 9.51. The minimum absolute atomic E-state index is 0.0429. The minimum atomic E-state index is -0.856. The molecule has 1 N–H and O–H groups in total. The van der Waals surface area contributed by atoms with E-state index in [1.807, 2.05) is 36.4 Å². The topological polar surface area (TPSA) is 54.4 Å². The number of carboxylic acid groups (broad SMARTS) is 1. The Morgan fingerprint density at radius 1 is 0.826 bits per heavy atom. The summed E-state index contributed by atoms with van der Waals surface area (Å²) in [6.07, 6.45) is 1.98. The van der Waals surface area contributed by atoms with Gasteiger partial charge in [-0.05, 0) is 30.7 Å². The first-order valence-corrected chi connectivity index (χ1v) is 8.04. The molecule has 3 atom stereocenters. The number of hydrogen-bond donors (Lipinski definition) is 1. The van der Waals surface area contributed by atoms with Crippen LogP contribution >= 0.6 is 0 Å². The lowest BCUT2D eigenvalue weighted by atomic mass is 9.69. The van der Waals surface area contributed by atoms with E-state index in [-0.39, 0.29) is 11.7 Å². The predicted octanol–water partition coefficient (Wildman–Crippen LogP) is 4.15. The average molecular weight is 308 g/mol. The Labute approximate surface area is 136 Å². The van der Waals surface area contributed by atoms with Crippen LogP contribution in [0, 0.1) is 11.8 Å². The quantitative estimate of drug-likeness (QED) is 0.863. The molecule has 0 amide bonds.